The highest BCUT2D eigenvalue weighted by molar-refractivity contribution is 7.11. The molecule has 4 nitrogen and oxygen atoms in total. The van der Waals surface area contributed by atoms with E-state index < -0.39 is 0 Å². The topological polar surface area (TPSA) is 49.4 Å². The number of benzene rings is 2. The molecular formula is C24H21FN2O2S. The smallest absolute Gasteiger partial charge is 0.278 e. The van der Waals surface area contributed by atoms with Crippen LogP contribution in [0, 0.1) is 19.7 Å². The third kappa shape index (κ3) is 3.91. The summed E-state index contributed by atoms with van der Waals surface area (Å²) in [6.07, 6.45) is 0.465. The number of anilines is 1. The SMILES string of the molecule is Cc1ccc(C)c(NC2=C(c3cccs3)C(=O)N(CCc3ccc(F)cc3)C2=O)c1. The van der Waals surface area contributed by atoms with Crippen LogP contribution in [0.1, 0.15) is 21.6 Å². The molecule has 0 radical (unpaired) electrons. The zero-order chi connectivity index (χ0) is 21.3. The molecular weight excluding hydrogens is 399 g/mol. The monoisotopic (exact) mass is 420 g/mol. The number of halogens is 1. The molecule has 0 atom stereocenters. The highest BCUT2D eigenvalue weighted by atomic mass is 32.1. The minimum Gasteiger partial charge on any atom is -0.350 e. The van der Waals surface area contributed by atoms with Gasteiger partial charge in [0.25, 0.3) is 11.8 Å². The van der Waals surface area contributed by atoms with Crippen LogP contribution in [0.5, 0.6) is 0 Å². The summed E-state index contributed by atoms with van der Waals surface area (Å²) in [7, 11) is 0. The molecule has 0 bridgehead atoms. The predicted molar refractivity (Wildman–Crippen MR) is 118 cm³/mol. The fourth-order valence-corrected chi connectivity index (χ4v) is 4.21. The summed E-state index contributed by atoms with van der Waals surface area (Å²) in [5.74, 6) is -0.961. The fourth-order valence-electron chi connectivity index (χ4n) is 3.44. The number of aryl methyl sites for hydroxylation is 2. The molecule has 2 amide bonds. The van der Waals surface area contributed by atoms with Crippen LogP contribution in [0.25, 0.3) is 5.57 Å². The number of thiophene rings is 1. The van der Waals surface area contributed by atoms with E-state index in [0.29, 0.717) is 17.7 Å². The van der Waals surface area contributed by atoms with Crippen LogP contribution in [0.4, 0.5) is 10.1 Å². The molecule has 152 valence electrons. The molecule has 0 saturated heterocycles. The second-order valence-electron chi connectivity index (χ2n) is 7.31. The number of amides is 2. The third-order valence-electron chi connectivity index (χ3n) is 5.13. The lowest BCUT2D eigenvalue weighted by atomic mass is 10.1. The third-order valence-corrected chi connectivity index (χ3v) is 6.01. The number of nitrogens with one attached hydrogen (secondary N) is 1. The van der Waals surface area contributed by atoms with Crippen molar-refractivity contribution < 1.29 is 14.0 Å². The highest BCUT2D eigenvalue weighted by Gasteiger charge is 2.39. The second-order valence-corrected chi connectivity index (χ2v) is 8.26. The van der Waals surface area contributed by atoms with E-state index in [1.807, 2.05) is 49.6 Å². The van der Waals surface area contributed by atoms with Crippen molar-refractivity contribution in [1.29, 1.82) is 0 Å². The van der Waals surface area contributed by atoms with Crippen molar-refractivity contribution in [3.63, 3.8) is 0 Å². The summed E-state index contributed by atoms with van der Waals surface area (Å²) in [6.45, 7) is 4.17. The Morgan fingerprint density at radius 3 is 2.47 bits per heavy atom. The Bertz CT molecular complexity index is 1130. The van der Waals surface area contributed by atoms with E-state index in [1.165, 1.54) is 28.4 Å². The van der Waals surface area contributed by atoms with Gasteiger partial charge in [0.15, 0.2) is 0 Å². The van der Waals surface area contributed by atoms with Crippen LogP contribution in [0.3, 0.4) is 0 Å². The van der Waals surface area contributed by atoms with Gasteiger partial charge in [-0.1, -0.05) is 30.3 Å². The van der Waals surface area contributed by atoms with Crippen LogP contribution in [0.2, 0.25) is 0 Å². The molecule has 3 aromatic rings. The first kappa shape index (κ1) is 20.0. The van der Waals surface area contributed by atoms with Gasteiger partial charge in [-0.25, -0.2) is 4.39 Å². The molecule has 1 aliphatic heterocycles. The first-order chi connectivity index (χ1) is 14.4. The van der Waals surface area contributed by atoms with Gasteiger partial charge in [0.05, 0.1) is 5.57 Å². The normalized spacial score (nSPS) is 14.0. The predicted octanol–water partition coefficient (Wildman–Crippen LogP) is 4.94. The quantitative estimate of drug-likeness (QED) is 0.575. The molecule has 1 aliphatic rings. The van der Waals surface area contributed by atoms with Crippen molar-refractivity contribution in [1.82, 2.24) is 4.90 Å². The number of rotatable bonds is 6. The van der Waals surface area contributed by atoms with Gasteiger partial charge >= 0.3 is 0 Å². The van der Waals surface area contributed by atoms with E-state index in [4.69, 9.17) is 0 Å². The van der Waals surface area contributed by atoms with E-state index in [-0.39, 0.29) is 24.2 Å². The second kappa shape index (κ2) is 8.24. The molecule has 0 aliphatic carbocycles. The lowest BCUT2D eigenvalue weighted by molar-refractivity contribution is -0.136. The molecule has 1 N–H and O–H groups in total. The Labute approximate surface area is 178 Å². The maximum absolute atomic E-state index is 13.2. The molecule has 6 heteroatoms. The van der Waals surface area contributed by atoms with Crippen LogP contribution >= 0.6 is 11.3 Å². The summed E-state index contributed by atoms with van der Waals surface area (Å²) in [4.78, 5) is 28.4. The Balaban J connectivity index is 1.64. The number of carbonyl (C=O) groups excluding carboxylic acids is 2. The zero-order valence-corrected chi connectivity index (χ0v) is 17.6. The van der Waals surface area contributed by atoms with Crippen molar-refractivity contribution in [3.8, 4) is 0 Å². The van der Waals surface area contributed by atoms with Gasteiger partial charge < -0.3 is 5.32 Å². The average Bonchev–Trinajstić information content (AvgIpc) is 3.32. The molecule has 2 aromatic carbocycles. The van der Waals surface area contributed by atoms with Gasteiger partial charge in [-0.05, 0) is 66.6 Å². The Kier molecular flexibility index (Phi) is 5.50. The summed E-state index contributed by atoms with van der Waals surface area (Å²) in [5.41, 5.74) is 4.42. The summed E-state index contributed by atoms with van der Waals surface area (Å²) in [6, 6.07) is 15.8. The number of hydrogen-bond donors (Lipinski definition) is 1. The lowest BCUT2D eigenvalue weighted by Crippen LogP contribution is -2.34. The molecule has 0 fully saturated rings. The Morgan fingerprint density at radius 2 is 1.77 bits per heavy atom. The van der Waals surface area contributed by atoms with Gasteiger partial charge in [-0.3, -0.25) is 14.5 Å². The van der Waals surface area contributed by atoms with Gasteiger partial charge in [0.1, 0.15) is 11.5 Å². The molecule has 0 saturated carbocycles. The Hall–Kier alpha value is -3.25. The van der Waals surface area contributed by atoms with Crippen molar-refractivity contribution in [2.24, 2.45) is 0 Å². The van der Waals surface area contributed by atoms with Crippen LogP contribution < -0.4 is 5.32 Å². The number of hydrogen-bond acceptors (Lipinski definition) is 4. The first-order valence-corrected chi connectivity index (χ1v) is 10.5. The van der Waals surface area contributed by atoms with Gasteiger partial charge in [-0.2, -0.15) is 0 Å². The van der Waals surface area contributed by atoms with Crippen molar-refractivity contribution in [2.45, 2.75) is 20.3 Å². The van der Waals surface area contributed by atoms with Crippen LogP contribution in [0.15, 0.2) is 65.7 Å². The van der Waals surface area contributed by atoms with E-state index in [2.05, 4.69) is 5.32 Å². The number of nitrogens with zero attached hydrogens (tertiary/aromatic N) is 1. The molecule has 2 heterocycles. The number of carbonyl (C=O) groups is 2. The molecule has 0 spiro atoms. The minimum absolute atomic E-state index is 0.232. The highest BCUT2D eigenvalue weighted by Crippen LogP contribution is 2.33. The van der Waals surface area contributed by atoms with E-state index in [9.17, 15) is 14.0 Å². The first-order valence-electron chi connectivity index (χ1n) is 9.67. The van der Waals surface area contributed by atoms with Gasteiger partial charge in [0, 0.05) is 17.1 Å². The van der Waals surface area contributed by atoms with Crippen LogP contribution in [-0.2, 0) is 16.0 Å². The van der Waals surface area contributed by atoms with Crippen molar-refractivity contribution >= 4 is 34.4 Å². The van der Waals surface area contributed by atoms with Crippen molar-refractivity contribution in [2.75, 3.05) is 11.9 Å². The fraction of sp³-hybridized carbons (Fsp3) is 0.167. The largest absolute Gasteiger partial charge is 0.350 e. The summed E-state index contributed by atoms with van der Waals surface area (Å²) < 4.78 is 13.1. The zero-order valence-electron chi connectivity index (χ0n) is 16.7. The van der Waals surface area contributed by atoms with Crippen molar-refractivity contribution in [3.05, 3.63) is 93.1 Å². The van der Waals surface area contributed by atoms with Gasteiger partial charge in [0.2, 0.25) is 0 Å². The number of imide groups is 1. The standard InChI is InChI=1S/C24H21FN2O2S/c1-15-5-6-16(2)19(14-15)26-22-21(20-4-3-13-30-20)23(28)27(24(22)29)12-11-17-7-9-18(25)10-8-17/h3-10,13-14,26H,11-12H2,1-2H3. The summed E-state index contributed by atoms with van der Waals surface area (Å²) in [5, 5.41) is 5.11. The van der Waals surface area contributed by atoms with E-state index in [0.717, 1.165) is 27.3 Å². The van der Waals surface area contributed by atoms with E-state index in [1.54, 1.807) is 12.1 Å². The molecule has 1 aromatic heterocycles. The maximum Gasteiger partial charge on any atom is 0.278 e. The van der Waals surface area contributed by atoms with E-state index >= 15 is 0 Å². The summed E-state index contributed by atoms with van der Waals surface area (Å²) >= 11 is 1.43. The Morgan fingerprint density at radius 1 is 1.00 bits per heavy atom. The van der Waals surface area contributed by atoms with Gasteiger partial charge in [-0.15, -0.1) is 11.3 Å². The minimum atomic E-state index is -0.341. The molecule has 4 rings (SSSR count). The average molecular weight is 421 g/mol. The van der Waals surface area contributed by atoms with Crippen LogP contribution in [-0.4, -0.2) is 23.3 Å². The molecule has 0 unspecified atom stereocenters. The lowest BCUT2D eigenvalue weighted by Gasteiger charge is -2.16. The molecule has 30 heavy (non-hydrogen) atoms. The maximum atomic E-state index is 13.2.